The Morgan fingerprint density at radius 2 is 1.65 bits per heavy atom. The zero-order chi connectivity index (χ0) is 17.8. The summed E-state index contributed by atoms with van der Waals surface area (Å²) in [7, 11) is 0. The number of carbonyl (C=O) groups is 2. The molecule has 0 aliphatic carbocycles. The quantitative estimate of drug-likeness (QED) is 0.522. The lowest BCUT2D eigenvalue weighted by molar-refractivity contribution is -0.114. The highest BCUT2D eigenvalue weighted by atomic mass is 16.2. The Hall–Kier alpha value is -2.34. The Kier molecular flexibility index (Phi) is 10.1. The minimum Gasteiger partial charge on any atom is -0.399 e. The van der Waals surface area contributed by atoms with Gasteiger partial charge < -0.3 is 21.7 Å². The first-order chi connectivity index (χ1) is 10.8. The van der Waals surface area contributed by atoms with E-state index in [9.17, 15) is 9.59 Å². The van der Waals surface area contributed by atoms with Crippen molar-refractivity contribution in [1.29, 1.82) is 0 Å². The summed E-state index contributed by atoms with van der Waals surface area (Å²) in [4.78, 5) is 23.8. The number of hydrogen-bond donors (Lipinski definition) is 3. The lowest BCUT2D eigenvalue weighted by atomic mass is 10.2. The molecule has 0 atom stereocenters. The predicted molar refractivity (Wildman–Crippen MR) is 95.0 cm³/mol. The van der Waals surface area contributed by atoms with Crippen LogP contribution in [0, 0.1) is 0 Å². The maximum Gasteiger partial charge on any atom is 0.251 e. The first-order valence-electron chi connectivity index (χ1n) is 7.63. The fraction of sp³-hybridized carbons (Fsp3) is 0.412. The average Bonchev–Trinajstić information content (AvgIpc) is 2.52. The molecule has 0 saturated heterocycles. The van der Waals surface area contributed by atoms with E-state index < -0.39 is 5.91 Å². The van der Waals surface area contributed by atoms with Crippen molar-refractivity contribution in [3.63, 3.8) is 0 Å². The predicted octanol–water partition coefficient (Wildman–Crippen LogP) is 1.39. The van der Waals surface area contributed by atoms with Gasteiger partial charge in [0, 0.05) is 29.9 Å². The largest absolute Gasteiger partial charge is 0.399 e. The van der Waals surface area contributed by atoms with E-state index in [1.54, 1.807) is 31.2 Å². The number of rotatable bonds is 7. The van der Waals surface area contributed by atoms with E-state index >= 15 is 0 Å². The summed E-state index contributed by atoms with van der Waals surface area (Å²) in [5.41, 5.74) is 12.0. The van der Waals surface area contributed by atoms with Crippen molar-refractivity contribution in [3.8, 4) is 0 Å². The van der Waals surface area contributed by atoms with Crippen LogP contribution in [0.25, 0.3) is 0 Å². The van der Waals surface area contributed by atoms with E-state index in [0.717, 1.165) is 19.6 Å². The molecule has 0 unspecified atom stereocenters. The second-order valence-corrected chi connectivity index (χ2v) is 5.05. The molecule has 0 radical (unpaired) electrons. The van der Waals surface area contributed by atoms with Gasteiger partial charge in [-0.05, 0) is 44.3 Å². The fourth-order valence-electron chi connectivity index (χ4n) is 1.60. The van der Waals surface area contributed by atoms with Crippen molar-refractivity contribution in [2.45, 2.75) is 20.8 Å². The summed E-state index contributed by atoms with van der Waals surface area (Å²) in [6.45, 7) is 12.7. The molecular formula is C17H28N4O2. The molecule has 6 nitrogen and oxygen atoms in total. The molecule has 2 amide bonds. The molecule has 0 aliphatic rings. The Morgan fingerprint density at radius 1 is 1.17 bits per heavy atom. The number of benzene rings is 1. The Balaban J connectivity index is 0.000000688. The molecule has 1 aromatic rings. The first-order valence-corrected chi connectivity index (χ1v) is 7.63. The maximum absolute atomic E-state index is 11.7. The van der Waals surface area contributed by atoms with Crippen LogP contribution in [0.5, 0.6) is 0 Å². The van der Waals surface area contributed by atoms with Gasteiger partial charge in [-0.15, -0.1) is 0 Å². The Bertz CT molecular complexity index is 496. The molecule has 0 fully saturated rings. The number of anilines is 1. The molecule has 128 valence electrons. The van der Waals surface area contributed by atoms with E-state index in [1.165, 1.54) is 0 Å². The van der Waals surface area contributed by atoms with Crippen molar-refractivity contribution in [3.05, 3.63) is 42.0 Å². The second-order valence-electron chi connectivity index (χ2n) is 5.05. The standard InChI is InChI=1S/C13H21N3O.C4H7NO/c1-3-16(4-2)10-9-15-13(17)11-5-7-12(14)8-6-11;1-3(2)4(5)6/h5-8H,3-4,9-10,14H2,1-2H3,(H,15,17);1H2,2H3,(H2,5,6). The van der Waals surface area contributed by atoms with Gasteiger partial charge in [0.25, 0.3) is 5.91 Å². The van der Waals surface area contributed by atoms with Crippen molar-refractivity contribution in [1.82, 2.24) is 10.2 Å². The lowest BCUT2D eigenvalue weighted by Gasteiger charge is -2.17. The van der Waals surface area contributed by atoms with Gasteiger partial charge in [-0.3, -0.25) is 9.59 Å². The molecule has 0 saturated carbocycles. The first kappa shape index (κ1) is 20.7. The molecule has 6 heteroatoms. The smallest absolute Gasteiger partial charge is 0.251 e. The summed E-state index contributed by atoms with van der Waals surface area (Å²) < 4.78 is 0. The van der Waals surface area contributed by atoms with E-state index in [4.69, 9.17) is 11.5 Å². The number of likely N-dealkylation sites (N-methyl/N-ethyl adjacent to an activating group) is 1. The second kappa shape index (κ2) is 11.3. The van der Waals surface area contributed by atoms with Gasteiger partial charge in [0.2, 0.25) is 5.91 Å². The van der Waals surface area contributed by atoms with Gasteiger partial charge in [0.15, 0.2) is 0 Å². The van der Waals surface area contributed by atoms with Crippen molar-refractivity contribution in [2.75, 3.05) is 31.9 Å². The van der Waals surface area contributed by atoms with E-state index in [2.05, 4.69) is 30.6 Å². The van der Waals surface area contributed by atoms with Crippen LogP contribution in [0.2, 0.25) is 0 Å². The zero-order valence-electron chi connectivity index (χ0n) is 14.3. The highest BCUT2D eigenvalue weighted by molar-refractivity contribution is 5.94. The third-order valence-electron chi connectivity index (χ3n) is 3.20. The minimum atomic E-state index is -0.435. The number of nitrogens with two attached hydrogens (primary N) is 2. The van der Waals surface area contributed by atoms with Crippen LogP contribution in [-0.4, -0.2) is 42.9 Å². The third kappa shape index (κ3) is 9.31. The molecule has 0 aromatic heterocycles. The van der Waals surface area contributed by atoms with Crippen molar-refractivity contribution >= 4 is 17.5 Å². The molecule has 0 spiro atoms. The lowest BCUT2D eigenvalue weighted by Crippen LogP contribution is -2.34. The Morgan fingerprint density at radius 3 is 2.04 bits per heavy atom. The van der Waals surface area contributed by atoms with Crippen molar-refractivity contribution in [2.24, 2.45) is 5.73 Å². The van der Waals surface area contributed by atoms with Crippen LogP contribution in [-0.2, 0) is 4.79 Å². The molecule has 23 heavy (non-hydrogen) atoms. The van der Waals surface area contributed by atoms with Crippen LogP contribution in [0.3, 0.4) is 0 Å². The van der Waals surface area contributed by atoms with Crippen LogP contribution in [0.15, 0.2) is 36.4 Å². The summed E-state index contributed by atoms with van der Waals surface area (Å²) in [6.07, 6.45) is 0. The molecule has 1 aromatic carbocycles. The third-order valence-corrected chi connectivity index (χ3v) is 3.20. The van der Waals surface area contributed by atoms with Gasteiger partial charge in [-0.1, -0.05) is 20.4 Å². The van der Waals surface area contributed by atoms with Gasteiger partial charge in [0.05, 0.1) is 0 Å². The molecule has 0 heterocycles. The highest BCUT2D eigenvalue weighted by Crippen LogP contribution is 2.04. The summed E-state index contributed by atoms with van der Waals surface area (Å²) in [6, 6.07) is 6.95. The number of nitrogens with one attached hydrogen (secondary N) is 1. The zero-order valence-corrected chi connectivity index (χ0v) is 14.3. The summed E-state index contributed by atoms with van der Waals surface area (Å²) in [5, 5.41) is 2.90. The minimum absolute atomic E-state index is 0.0443. The van der Waals surface area contributed by atoms with E-state index in [0.29, 0.717) is 23.4 Å². The van der Waals surface area contributed by atoms with Crippen LogP contribution >= 0.6 is 0 Å². The average molecular weight is 320 g/mol. The molecular weight excluding hydrogens is 292 g/mol. The van der Waals surface area contributed by atoms with E-state index in [-0.39, 0.29) is 5.91 Å². The molecule has 0 bridgehead atoms. The number of nitrogens with zero attached hydrogens (tertiary/aromatic N) is 1. The van der Waals surface area contributed by atoms with Crippen molar-refractivity contribution < 1.29 is 9.59 Å². The van der Waals surface area contributed by atoms with Crippen LogP contribution in [0.4, 0.5) is 5.69 Å². The van der Waals surface area contributed by atoms with Crippen LogP contribution < -0.4 is 16.8 Å². The van der Waals surface area contributed by atoms with Gasteiger partial charge in [-0.25, -0.2) is 0 Å². The number of hydrogen-bond acceptors (Lipinski definition) is 4. The topological polar surface area (TPSA) is 101 Å². The maximum atomic E-state index is 11.7. The number of amides is 2. The monoisotopic (exact) mass is 320 g/mol. The summed E-state index contributed by atoms with van der Waals surface area (Å²) in [5.74, 6) is -0.479. The number of nitrogen functional groups attached to an aromatic ring is 1. The van der Waals surface area contributed by atoms with Crippen LogP contribution in [0.1, 0.15) is 31.1 Å². The van der Waals surface area contributed by atoms with E-state index in [1.807, 2.05) is 0 Å². The van der Waals surface area contributed by atoms with Gasteiger partial charge in [-0.2, -0.15) is 0 Å². The number of primary amides is 1. The summed E-state index contributed by atoms with van der Waals surface area (Å²) >= 11 is 0. The molecule has 0 aliphatic heterocycles. The number of carbonyl (C=O) groups excluding carboxylic acids is 2. The van der Waals surface area contributed by atoms with Gasteiger partial charge in [0.1, 0.15) is 0 Å². The normalized spacial score (nSPS) is 9.74. The Labute approximate surface area is 138 Å². The van der Waals surface area contributed by atoms with Gasteiger partial charge >= 0.3 is 0 Å². The highest BCUT2D eigenvalue weighted by Gasteiger charge is 2.05. The molecule has 5 N–H and O–H groups in total. The molecule has 1 rings (SSSR count). The SMILES string of the molecule is C=C(C)C(N)=O.CCN(CC)CCNC(=O)c1ccc(N)cc1. The fourth-order valence-corrected chi connectivity index (χ4v) is 1.60.